The zero-order valence-electron chi connectivity index (χ0n) is 15.1. The Morgan fingerprint density at radius 1 is 1.20 bits per heavy atom. The SMILES string of the molecule is CCCCCC(=O)Nc1ccc(OCC)c(S(=O)(=O)N2CCCC2)c1. The monoisotopic (exact) mass is 368 g/mol. The Bertz CT molecular complexity index is 682. The maximum absolute atomic E-state index is 12.9. The van der Waals surface area contributed by atoms with Crippen LogP contribution in [0.4, 0.5) is 5.69 Å². The summed E-state index contributed by atoms with van der Waals surface area (Å²) in [5.41, 5.74) is 0.489. The summed E-state index contributed by atoms with van der Waals surface area (Å²) in [5, 5.41) is 2.80. The van der Waals surface area contributed by atoms with E-state index in [1.54, 1.807) is 12.1 Å². The fourth-order valence-electron chi connectivity index (χ4n) is 2.89. The summed E-state index contributed by atoms with van der Waals surface area (Å²) in [6.45, 7) is 5.34. The minimum absolute atomic E-state index is 0.0952. The number of nitrogens with one attached hydrogen (secondary N) is 1. The predicted octanol–water partition coefficient (Wildman–Crippen LogP) is 3.39. The van der Waals surface area contributed by atoms with Gasteiger partial charge in [0.1, 0.15) is 10.6 Å². The molecule has 0 aliphatic carbocycles. The normalized spacial score (nSPS) is 15.3. The fourth-order valence-corrected chi connectivity index (χ4v) is 4.56. The average molecular weight is 368 g/mol. The van der Waals surface area contributed by atoms with E-state index in [-0.39, 0.29) is 10.8 Å². The van der Waals surface area contributed by atoms with Gasteiger partial charge >= 0.3 is 0 Å². The molecule has 1 heterocycles. The van der Waals surface area contributed by atoms with Gasteiger partial charge in [-0.3, -0.25) is 4.79 Å². The molecule has 1 fully saturated rings. The third kappa shape index (κ3) is 5.19. The van der Waals surface area contributed by atoms with E-state index in [1.807, 2.05) is 6.92 Å². The van der Waals surface area contributed by atoms with Crippen LogP contribution in [0.15, 0.2) is 23.1 Å². The molecule has 0 unspecified atom stereocenters. The number of sulfonamides is 1. The first-order valence-corrected chi connectivity index (χ1v) is 10.5. The minimum atomic E-state index is -3.61. The molecule has 25 heavy (non-hydrogen) atoms. The number of ether oxygens (including phenoxy) is 1. The van der Waals surface area contributed by atoms with E-state index >= 15 is 0 Å². The Hall–Kier alpha value is -1.60. The van der Waals surface area contributed by atoms with E-state index < -0.39 is 10.0 Å². The second-order valence-corrected chi connectivity index (χ2v) is 8.12. The Labute approximate surface area is 150 Å². The van der Waals surface area contributed by atoms with Crippen LogP contribution in [0.3, 0.4) is 0 Å². The summed E-state index contributed by atoms with van der Waals surface area (Å²) in [4.78, 5) is 12.1. The molecule has 0 atom stereocenters. The highest BCUT2D eigenvalue weighted by Gasteiger charge is 2.30. The molecular formula is C18H28N2O4S. The number of unbranched alkanes of at least 4 members (excludes halogenated alkanes) is 2. The number of benzene rings is 1. The van der Waals surface area contributed by atoms with Crippen molar-refractivity contribution >= 4 is 21.6 Å². The van der Waals surface area contributed by atoms with Crippen molar-refractivity contribution in [3.63, 3.8) is 0 Å². The van der Waals surface area contributed by atoms with Crippen molar-refractivity contribution in [3.05, 3.63) is 18.2 Å². The molecule has 0 bridgehead atoms. The molecule has 1 aliphatic rings. The van der Waals surface area contributed by atoms with E-state index in [2.05, 4.69) is 12.2 Å². The highest BCUT2D eigenvalue weighted by molar-refractivity contribution is 7.89. The molecule has 1 N–H and O–H groups in total. The van der Waals surface area contributed by atoms with Crippen LogP contribution in [0.1, 0.15) is 52.4 Å². The molecule has 0 aromatic heterocycles. The lowest BCUT2D eigenvalue weighted by Crippen LogP contribution is -2.28. The number of anilines is 1. The summed E-state index contributed by atoms with van der Waals surface area (Å²) in [6.07, 6.45) is 5.07. The molecule has 2 rings (SSSR count). The number of hydrogen-bond donors (Lipinski definition) is 1. The molecule has 7 heteroatoms. The number of nitrogens with zero attached hydrogens (tertiary/aromatic N) is 1. The first kappa shape index (κ1) is 19.7. The van der Waals surface area contributed by atoms with Crippen molar-refractivity contribution in [3.8, 4) is 5.75 Å². The van der Waals surface area contributed by atoms with Crippen LogP contribution >= 0.6 is 0 Å². The fraction of sp³-hybridized carbons (Fsp3) is 0.611. The van der Waals surface area contributed by atoms with Gasteiger partial charge in [0.2, 0.25) is 15.9 Å². The third-order valence-electron chi connectivity index (χ3n) is 4.22. The zero-order valence-corrected chi connectivity index (χ0v) is 15.9. The van der Waals surface area contributed by atoms with E-state index in [1.165, 1.54) is 10.4 Å². The van der Waals surface area contributed by atoms with Gasteiger partial charge in [0.05, 0.1) is 6.61 Å². The maximum Gasteiger partial charge on any atom is 0.246 e. The Morgan fingerprint density at radius 2 is 1.92 bits per heavy atom. The number of carbonyl (C=O) groups excluding carboxylic acids is 1. The third-order valence-corrected chi connectivity index (χ3v) is 6.14. The van der Waals surface area contributed by atoms with E-state index in [9.17, 15) is 13.2 Å². The van der Waals surface area contributed by atoms with Crippen LogP contribution in [0.25, 0.3) is 0 Å². The topological polar surface area (TPSA) is 75.7 Å². The van der Waals surface area contributed by atoms with Crippen molar-refractivity contribution in [2.75, 3.05) is 25.0 Å². The molecule has 1 aromatic carbocycles. The summed E-state index contributed by atoms with van der Waals surface area (Å²) < 4.78 is 32.8. The first-order valence-electron chi connectivity index (χ1n) is 9.06. The van der Waals surface area contributed by atoms with Gasteiger partial charge in [-0.1, -0.05) is 19.8 Å². The summed E-state index contributed by atoms with van der Waals surface area (Å²) >= 11 is 0. The lowest BCUT2D eigenvalue weighted by atomic mass is 10.2. The van der Waals surface area contributed by atoms with Crippen LogP contribution in [0, 0.1) is 0 Å². The van der Waals surface area contributed by atoms with Crippen LogP contribution < -0.4 is 10.1 Å². The van der Waals surface area contributed by atoms with Crippen LogP contribution in [-0.2, 0) is 14.8 Å². The minimum Gasteiger partial charge on any atom is -0.492 e. The highest BCUT2D eigenvalue weighted by atomic mass is 32.2. The molecule has 1 aliphatic heterocycles. The Morgan fingerprint density at radius 3 is 2.56 bits per heavy atom. The number of amides is 1. The van der Waals surface area contributed by atoms with Gasteiger partial charge < -0.3 is 10.1 Å². The molecule has 1 aromatic rings. The van der Waals surface area contributed by atoms with Gasteiger partial charge in [0.15, 0.2) is 0 Å². The summed E-state index contributed by atoms with van der Waals surface area (Å²) in [6, 6.07) is 4.82. The van der Waals surface area contributed by atoms with Gasteiger partial charge in [-0.15, -0.1) is 0 Å². The summed E-state index contributed by atoms with van der Waals surface area (Å²) in [7, 11) is -3.61. The molecule has 0 spiro atoms. The first-order chi connectivity index (χ1) is 12.0. The van der Waals surface area contributed by atoms with Crippen molar-refractivity contribution in [2.45, 2.75) is 57.3 Å². The lowest BCUT2D eigenvalue weighted by Gasteiger charge is -2.19. The molecule has 6 nitrogen and oxygen atoms in total. The standard InChI is InChI=1S/C18H28N2O4S/c1-3-5-6-9-18(21)19-15-10-11-16(24-4-2)17(14-15)25(22,23)20-12-7-8-13-20/h10-11,14H,3-9,12-13H2,1-2H3,(H,19,21). The molecule has 1 saturated heterocycles. The van der Waals surface area contributed by atoms with Gasteiger partial charge in [0, 0.05) is 25.2 Å². The summed E-state index contributed by atoms with van der Waals surface area (Å²) in [5.74, 6) is 0.237. The van der Waals surface area contributed by atoms with Crippen LogP contribution in [0.5, 0.6) is 5.75 Å². The molecule has 0 radical (unpaired) electrons. The number of hydrogen-bond acceptors (Lipinski definition) is 4. The molecular weight excluding hydrogens is 340 g/mol. The van der Waals surface area contributed by atoms with Gasteiger partial charge in [-0.25, -0.2) is 8.42 Å². The van der Waals surface area contributed by atoms with Crippen molar-refractivity contribution in [1.82, 2.24) is 4.31 Å². The second kappa shape index (κ2) is 9.20. The van der Waals surface area contributed by atoms with Crippen molar-refractivity contribution < 1.29 is 17.9 Å². The molecule has 140 valence electrons. The predicted molar refractivity (Wildman–Crippen MR) is 98.4 cm³/mol. The lowest BCUT2D eigenvalue weighted by molar-refractivity contribution is -0.116. The maximum atomic E-state index is 12.9. The molecule has 1 amide bonds. The largest absolute Gasteiger partial charge is 0.492 e. The van der Waals surface area contributed by atoms with Gasteiger partial charge in [0.25, 0.3) is 0 Å². The number of carbonyl (C=O) groups is 1. The van der Waals surface area contributed by atoms with E-state index in [4.69, 9.17) is 4.74 Å². The smallest absolute Gasteiger partial charge is 0.246 e. The van der Waals surface area contributed by atoms with E-state index in [0.717, 1.165) is 32.1 Å². The quantitative estimate of drug-likeness (QED) is 0.678. The molecule has 0 saturated carbocycles. The van der Waals surface area contributed by atoms with Gasteiger partial charge in [-0.2, -0.15) is 4.31 Å². The van der Waals surface area contributed by atoms with Gasteiger partial charge in [-0.05, 0) is 44.4 Å². The zero-order chi connectivity index (χ0) is 18.3. The number of rotatable bonds is 9. The average Bonchev–Trinajstić information content (AvgIpc) is 3.12. The van der Waals surface area contributed by atoms with Crippen LogP contribution in [0.2, 0.25) is 0 Å². The van der Waals surface area contributed by atoms with Crippen molar-refractivity contribution in [1.29, 1.82) is 0 Å². The Kier molecular flexibility index (Phi) is 7.25. The van der Waals surface area contributed by atoms with Crippen molar-refractivity contribution in [2.24, 2.45) is 0 Å². The van der Waals surface area contributed by atoms with Crippen LogP contribution in [-0.4, -0.2) is 38.3 Å². The highest BCUT2D eigenvalue weighted by Crippen LogP contribution is 2.31. The second-order valence-electron chi connectivity index (χ2n) is 6.21. The van der Waals surface area contributed by atoms with E-state index in [0.29, 0.717) is 37.6 Å². The Balaban J connectivity index is 2.22.